The second-order valence-corrected chi connectivity index (χ2v) is 12.5. The fourth-order valence-electron chi connectivity index (χ4n) is 3.25. The van der Waals surface area contributed by atoms with Crippen LogP contribution in [0.25, 0.3) is 0 Å². The van der Waals surface area contributed by atoms with Gasteiger partial charge in [0, 0.05) is 19.8 Å². The third-order valence-corrected chi connectivity index (χ3v) is 9.01. The first-order valence-electron chi connectivity index (χ1n) is 12.8. The number of halogens is 25. The maximum absolute atomic E-state index is 15.2. The summed E-state index contributed by atoms with van der Waals surface area (Å²) >= 11 is 0. The summed E-state index contributed by atoms with van der Waals surface area (Å²) in [5, 5.41) is 0. The van der Waals surface area contributed by atoms with Gasteiger partial charge in [0.05, 0.1) is 0 Å². The summed E-state index contributed by atoms with van der Waals surface area (Å²) in [4.78, 5) is 0. The van der Waals surface area contributed by atoms with Crippen molar-refractivity contribution in [2.45, 2.75) is 111 Å². The first-order valence-corrected chi connectivity index (χ1v) is 14.5. The lowest BCUT2D eigenvalue weighted by Crippen LogP contribution is -2.80. The Morgan fingerprint density at radius 1 is 0.300 bits per heavy atom. The fourth-order valence-corrected chi connectivity index (χ4v) is 6.00. The number of hydrogen-bond donors (Lipinski definition) is 0. The monoisotopic (exact) mass is 824 g/mol. The van der Waals surface area contributed by atoms with E-state index in [9.17, 15) is 101 Å². The average Bonchev–Trinajstić information content (AvgIpc) is 2.95. The van der Waals surface area contributed by atoms with Gasteiger partial charge in [-0.25, -0.2) is 0 Å². The largest absolute Gasteiger partial charge is 0.582 e. The molecule has 0 aliphatic rings. The fraction of sp³-hybridized carbons (Fsp3) is 1.00. The standard InChI is InChI=1S/C21H21F25O3Si/c1-4-7-47-50(48-8-5-2,49-9-6-3)21(45,46)19(40,41)17(36,37)15(32,33)13(28,29)11(24,25)10(22,23)12(26,27)14(30,31)16(34,35)18(38,39)20(42,43)44/h4-9H2,1-3H3. The highest BCUT2D eigenvalue weighted by atomic mass is 28.4. The van der Waals surface area contributed by atoms with E-state index < -0.39 is 119 Å². The molecule has 0 fully saturated rings. The molecule has 50 heavy (non-hydrogen) atoms. The molecule has 3 nitrogen and oxygen atoms in total. The van der Waals surface area contributed by atoms with E-state index in [0.717, 1.165) is 20.8 Å². The zero-order valence-corrected chi connectivity index (χ0v) is 25.4. The van der Waals surface area contributed by atoms with E-state index in [4.69, 9.17) is 0 Å². The Morgan fingerprint density at radius 2 is 0.480 bits per heavy atom. The first kappa shape index (κ1) is 48.3. The summed E-state index contributed by atoms with van der Waals surface area (Å²) in [5.41, 5.74) is -7.25. The van der Waals surface area contributed by atoms with Crippen molar-refractivity contribution in [3.63, 3.8) is 0 Å². The second kappa shape index (κ2) is 14.0. The Morgan fingerprint density at radius 3 is 0.660 bits per heavy atom. The normalized spacial score (nSPS) is 16.3. The van der Waals surface area contributed by atoms with Crippen molar-refractivity contribution >= 4 is 8.80 Å². The topological polar surface area (TPSA) is 27.7 Å². The van der Waals surface area contributed by atoms with Gasteiger partial charge in [-0.05, 0) is 19.3 Å². The minimum Gasteiger partial charge on any atom is -0.370 e. The van der Waals surface area contributed by atoms with Gasteiger partial charge in [0.1, 0.15) is 0 Å². The zero-order chi connectivity index (χ0) is 40.9. The van der Waals surface area contributed by atoms with Crippen LogP contribution in [0.3, 0.4) is 0 Å². The second-order valence-electron chi connectivity index (χ2n) is 9.92. The van der Waals surface area contributed by atoms with Gasteiger partial charge in [-0.2, -0.15) is 110 Å². The summed E-state index contributed by atoms with van der Waals surface area (Å²) in [5.74, 6) is -92.3. The Kier molecular flexibility index (Phi) is 13.5. The smallest absolute Gasteiger partial charge is 0.370 e. The summed E-state index contributed by atoms with van der Waals surface area (Å²) in [6.07, 6.45) is -9.90. The van der Waals surface area contributed by atoms with Crippen molar-refractivity contribution in [3.05, 3.63) is 0 Å². The molecule has 0 aromatic heterocycles. The molecule has 0 heterocycles. The highest BCUT2D eigenvalue weighted by Crippen LogP contribution is 2.68. The molecule has 29 heteroatoms. The van der Waals surface area contributed by atoms with Crippen molar-refractivity contribution in [2.24, 2.45) is 0 Å². The Labute approximate surface area is 263 Å². The molecule has 302 valence electrons. The molecule has 0 saturated carbocycles. The van der Waals surface area contributed by atoms with Gasteiger partial charge in [0.2, 0.25) is 0 Å². The van der Waals surface area contributed by atoms with Gasteiger partial charge in [-0.1, -0.05) is 20.8 Å². The van der Waals surface area contributed by atoms with E-state index in [0.29, 0.717) is 0 Å². The van der Waals surface area contributed by atoms with Crippen LogP contribution in [0.1, 0.15) is 40.0 Å². The van der Waals surface area contributed by atoms with Crippen LogP contribution in [-0.4, -0.2) is 99.6 Å². The SMILES string of the molecule is CCCO[Si](OCCC)(OCCC)C(F)(F)C(F)(F)C(F)(F)C(F)(F)C(F)(F)C(F)(F)C(F)(F)C(F)(F)C(F)(F)C(F)(F)C(F)(F)C(F)(F)F. The summed E-state index contributed by atoms with van der Waals surface area (Å²) < 4.78 is 359. The van der Waals surface area contributed by atoms with Crippen molar-refractivity contribution in [1.29, 1.82) is 0 Å². The van der Waals surface area contributed by atoms with Gasteiger partial charge in [-0.3, -0.25) is 0 Å². The van der Waals surface area contributed by atoms with Crippen LogP contribution in [-0.2, 0) is 13.3 Å². The minimum atomic E-state index is -9.65. The molecule has 0 aliphatic heterocycles. The number of hydrogen-bond acceptors (Lipinski definition) is 3. The Hall–Kier alpha value is -1.65. The molecule has 0 spiro atoms. The van der Waals surface area contributed by atoms with Crippen LogP contribution in [0, 0.1) is 0 Å². The summed E-state index contributed by atoms with van der Waals surface area (Å²) in [6, 6.07) is 0. The highest BCUT2D eigenvalue weighted by molar-refractivity contribution is 6.63. The quantitative estimate of drug-likeness (QED) is 0.0904. The van der Waals surface area contributed by atoms with E-state index in [1.165, 1.54) is 0 Å². The minimum absolute atomic E-state index is 0.569. The van der Waals surface area contributed by atoms with Crippen molar-refractivity contribution in [2.75, 3.05) is 19.8 Å². The molecule has 0 unspecified atom stereocenters. The molecule has 0 saturated heterocycles. The third-order valence-electron chi connectivity index (χ3n) is 6.17. The van der Waals surface area contributed by atoms with Crippen LogP contribution in [0.5, 0.6) is 0 Å². The molecule has 0 amide bonds. The van der Waals surface area contributed by atoms with E-state index in [1.54, 1.807) is 0 Å². The van der Waals surface area contributed by atoms with E-state index in [2.05, 4.69) is 13.3 Å². The van der Waals surface area contributed by atoms with Crippen LogP contribution in [0.4, 0.5) is 110 Å². The van der Waals surface area contributed by atoms with E-state index in [-0.39, 0.29) is 0 Å². The average molecular weight is 824 g/mol. The van der Waals surface area contributed by atoms with Crippen LogP contribution < -0.4 is 0 Å². The number of rotatable bonds is 20. The predicted octanol–water partition coefficient (Wildman–Crippen LogP) is 10.3. The number of alkyl halides is 25. The molecule has 0 aromatic rings. The van der Waals surface area contributed by atoms with Crippen molar-refractivity contribution in [3.8, 4) is 0 Å². The third kappa shape index (κ3) is 6.47. The van der Waals surface area contributed by atoms with Crippen molar-refractivity contribution < 1.29 is 123 Å². The molecule has 0 atom stereocenters. The first-order chi connectivity index (χ1) is 21.7. The lowest BCUT2D eigenvalue weighted by Gasteiger charge is -2.46. The van der Waals surface area contributed by atoms with Crippen molar-refractivity contribution in [1.82, 2.24) is 0 Å². The predicted molar refractivity (Wildman–Crippen MR) is 115 cm³/mol. The molecule has 0 rings (SSSR count). The Bertz CT molecular complexity index is 1060. The molecular formula is C21H21F25O3Si. The Balaban J connectivity index is 7.65. The van der Waals surface area contributed by atoms with Crippen LogP contribution in [0.15, 0.2) is 0 Å². The lowest BCUT2D eigenvalue weighted by molar-refractivity contribution is -0.481. The maximum atomic E-state index is 15.2. The van der Waals surface area contributed by atoms with Gasteiger partial charge in [0.15, 0.2) is 0 Å². The summed E-state index contributed by atoms with van der Waals surface area (Å²) in [6.45, 7) is -0.973. The van der Waals surface area contributed by atoms with Crippen LogP contribution >= 0.6 is 0 Å². The maximum Gasteiger partial charge on any atom is 0.582 e. The molecule has 0 bridgehead atoms. The van der Waals surface area contributed by atoms with Gasteiger partial charge in [0.25, 0.3) is 0 Å². The van der Waals surface area contributed by atoms with Gasteiger partial charge in [-0.15, -0.1) is 0 Å². The molecular weight excluding hydrogens is 803 g/mol. The van der Waals surface area contributed by atoms with Crippen LogP contribution in [0.2, 0.25) is 0 Å². The molecule has 0 N–H and O–H groups in total. The van der Waals surface area contributed by atoms with Gasteiger partial charge >= 0.3 is 79.8 Å². The van der Waals surface area contributed by atoms with E-state index in [1.807, 2.05) is 0 Å². The molecule has 0 radical (unpaired) electrons. The highest BCUT2D eigenvalue weighted by Gasteiger charge is 3.00. The van der Waals surface area contributed by atoms with E-state index >= 15 is 8.78 Å². The molecule has 0 aromatic carbocycles. The zero-order valence-electron chi connectivity index (χ0n) is 24.4. The van der Waals surface area contributed by atoms with Gasteiger partial charge < -0.3 is 13.3 Å². The summed E-state index contributed by atoms with van der Waals surface area (Å²) in [7, 11) is -7.10. The molecule has 0 aliphatic carbocycles. The lowest BCUT2D eigenvalue weighted by atomic mass is 9.85.